The summed E-state index contributed by atoms with van der Waals surface area (Å²) in [5, 5.41) is 16.0. The zero-order valence-electron chi connectivity index (χ0n) is 16.9. The minimum absolute atomic E-state index is 0.170. The molecule has 1 saturated heterocycles. The number of aliphatic hydroxyl groups excluding tert-OH is 1. The number of amides is 1. The Morgan fingerprint density at radius 1 is 1.03 bits per heavy atom. The van der Waals surface area contributed by atoms with Gasteiger partial charge in [0.05, 0.1) is 48.2 Å². The Kier molecular flexibility index (Phi) is 6.84. The number of benzene rings is 2. The second-order valence-electron chi connectivity index (χ2n) is 6.93. The van der Waals surface area contributed by atoms with Gasteiger partial charge in [-0.1, -0.05) is 18.2 Å². The van der Waals surface area contributed by atoms with Crippen LogP contribution in [0.5, 0.6) is 11.5 Å². The summed E-state index contributed by atoms with van der Waals surface area (Å²) in [5.41, 5.74) is 1.41. The number of hydrogen-bond donors (Lipinski definition) is 3. The Morgan fingerprint density at radius 2 is 1.63 bits per heavy atom. The topological polar surface area (TPSA) is 114 Å². The molecule has 162 valence electrons. The van der Waals surface area contributed by atoms with Crippen molar-refractivity contribution in [3.05, 3.63) is 48.0 Å². The Morgan fingerprint density at radius 3 is 2.20 bits per heavy atom. The summed E-state index contributed by atoms with van der Waals surface area (Å²) in [4.78, 5) is 12.6. The molecule has 2 aromatic rings. The average molecular weight is 435 g/mol. The van der Waals surface area contributed by atoms with Gasteiger partial charge in [0.15, 0.2) is 9.84 Å². The Hall–Kier alpha value is -2.78. The lowest BCUT2D eigenvalue weighted by Gasteiger charge is -2.21. The molecule has 1 heterocycles. The Labute approximate surface area is 176 Å². The summed E-state index contributed by atoms with van der Waals surface area (Å²) >= 11 is 0. The van der Waals surface area contributed by atoms with E-state index < -0.39 is 22.0 Å². The van der Waals surface area contributed by atoms with E-state index in [2.05, 4.69) is 10.6 Å². The minimum Gasteiger partial charge on any atom is -0.492 e. The monoisotopic (exact) mass is 434 g/mol. The summed E-state index contributed by atoms with van der Waals surface area (Å²) in [6.07, 6.45) is -1.02. The average Bonchev–Trinajstić information content (AvgIpc) is 2.97. The van der Waals surface area contributed by atoms with Gasteiger partial charge >= 0.3 is 0 Å². The number of nitrogens with one attached hydrogen (secondary N) is 2. The van der Waals surface area contributed by atoms with Crippen LogP contribution in [0.2, 0.25) is 0 Å². The lowest BCUT2D eigenvalue weighted by Crippen LogP contribution is -2.32. The quantitative estimate of drug-likeness (QED) is 0.584. The van der Waals surface area contributed by atoms with Gasteiger partial charge in [0, 0.05) is 17.7 Å². The molecule has 3 N–H and O–H groups in total. The number of ether oxygens (including phenoxy) is 2. The first kappa shape index (κ1) is 21.9. The van der Waals surface area contributed by atoms with Crippen LogP contribution in [0.25, 0.3) is 0 Å². The summed E-state index contributed by atoms with van der Waals surface area (Å²) in [5.74, 6) is 0.0786. The third-order valence-electron chi connectivity index (χ3n) is 4.63. The maximum absolute atomic E-state index is 12.6. The van der Waals surface area contributed by atoms with Gasteiger partial charge in [-0.05, 0) is 26.0 Å². The number of anilines is 2. The molecular formula is C21H26N2O6S. The van der Waals surface area contributed by atoms with Gasteiger partial charge < -0.3 is 25.2 Å². The van der Waals surface area contributed by atoms with E-state index in [4.69, 9.17) is 9.47 Å². The van der Waals surface area contributed by atoms with Gasteiger partial charge in [-0.2, -0.15) is 0 Å². The van der Waals surface area contributed by atoms with Crippen molar-refractivity contribution in [3.8, 4) is 11.5 Å². The summed E-state index contributed by atoms with van der Waals surface area (Å²) in [6.45, 7) is 4.36. The minimum atomic E-state index is -3.31. The Bertz CT molecular complexity index is 994. The first-order valence-corrected chi connectivity index (χ1v) is 11.6. The fourth-order valence-electron chi connectivity index (χ4n) is 3.27. The van der Waals surface area contributed by atoms with Crippen LogP contribution in [0, 0.1) is 0 Å². The van der Waals surface area contributed by atoms with Crippen molar-refractivity contribution in [1.29, 1.82) is 0 Å². The van der Waals surface area contributed by atoms with Crippen LogP contribution < -0.4 is 20.1 Å². The van der Waals surface area contributed by atoms with E-state index in [-0.39, 0.29) is 17.4 Å². The van der Waals surface area contributed by atoms with Gasteiger partial charge in [-0.15, -0.1) is 0 Å². The smallest absolute Gasteiger partial charge is 0.255 e. The molecule has 0 spiro atoms. The predicted molar refractivity (Wildman–Crippen MR) is 115 cm³/mol. The van der Waals surface area contributed by atoms with E-state index >= 15 is 0 Å². The fourth-order valence-corrected chi connectivity index (χ4v) is 5.01. The first-order valence-electron chi connectivity index (χ1n) is 9.78. The molecule has 0 aliphatic carbocycles. The van der Waals surface area contributed by atoms with Crippen LogP contribution in [-0.4, -0.2) is 56.3 Å². The van der Waals surface area contributed by atoms with Gasteiger partial charge in [0.25, 0.3) is 5.91 Å². The van der Waals surface area contributed by atoms with E-state index in [0.29, 0.717) is 41.7 Å². The molecule has 3 rings (SSSR count). The van der Waals surface area contributed by atoms with E-state index in [0.717, 1.165) is 0 Å². The number of rotatable bonds is 8. The van der Waals surface area contributed by atoms with Crippen LogP contribution in [0.1, 0.15) is 24.2 Å². The molecular weight excluding hydrogens is 408 g/mol. The van der Waals surface area contributed by atoms with Crippen molar-refractivity contribution in [2.45, 2.75) is 26.0 Å². The highest BCUT2D eigenvalue weighted by molar-refractivity contribution is 7.91. The summed E-state index contributed by atoms with van der Waals surface area (Å²) in [7, 11) is -3.31. The lowest BCUT2D eigenvalue weighted by atomic mass is 10.1. The summed E-state index contributed by atoms with van der Waals surface area (Å²) in [6, 6.07) is 11.4. The lowest BCUT2D eigenvalue weighted by molar-refractivity contribution is 0.102. The number of aliphatic hydroxyl groups is 1. The highest BCUT2D eigenvalue weighted by atomic mass is 32.2. The van der Waals surface area contributed by atoms with Gasteiger partial charge in [-0.25, -0.2) is 8.42 Å². The van der Waals surface area contributed by atoms with Gasteiger partial charge in [-0.3, -0.25) is 4.79 Å². The van der Waals surface area contributed by atoms with Crippen molar-refractivity contribution >= 4 is 27.1 Å². The second kappa shape index (κ2) is 9.36. The molecule has 0 radical (unpaired) electrons. The molecule has 0 bridgehead atoms. The van der Waals surface area contributed by atoms with Crippen molar-refractivity contribution in [2.24, 2.45) is 0 Å². The molecule has 1 amide bonds. The standard InChI is InChI=1S/C21H26N2O6S/c1-3-28-19-11-16(23-21(25)14-8-6-5-7-9-14)20(29-4-2)10-15(19)22-17-12-30(26,27)13-18(17)24/h5-11,17-18,22,24H,3-4,12-13H2,1-2H3,(H,23,25)/t17-,18-/m0/s1. The van der Waals surface area contributed by atoms with Crippen molar-refractivity contribution in [3.63, 3.8) is 0 Å². The third-order valence-corrected chi connectivity index (χ3v) is 6.35. The number of hydrogen-bond acceptors (Lipinski definition) is 7. The van der Waals surface area contributed by atoms with E-state index in [1.54, 1.807) is 36.4 Å². The van der Waals surface area contributed by atoms with Crippen LogP contribution >= 0.6 is 0 Å². The fraction of sp³-hybridized carbons (Fsp3) is 0.381. The second-order valence-corrected chi connectivity index (χ2v) is 9.08. The van der Waals surface area contributed by atoms with Gasteiger partial charge in [0.1, 0.15) is 11.5 Å². The van der Waals surface area contributed by atoms with Crippen LogP contribution in [0.15, 0.2) is 42.5 Å². The van der Waals surface area contributed by atoms with Crippen LogP contribution in [0.3, 0.4) is 0 Å². The molecule has 1 fully saturated rings. The number of carbonyl (C=O) groups is 1. The van der Waals surface area contributed by atoms with Crippen molar-refractivity contribution in [1.82, 2.24) is 0 Å². The van der Waals surface area contributed by atoms with Crippen LogP contribution in [-0.2, 0) is 9.84 Å². The maximum Gasteiger partial charge on any atom is 0.255 e. The predicted octanol–water partition coefficient (Wildman–Crippen LogP) is 2.31. The van der Waals surface area contributed by atoms with E-state index in [1.165, 1.54) is 0 Å². The SMILES string of the molecule is CCOc1cc(N[C@H]2CS(=O)(=O)C[C@@H]2O)c(OCC)cc1NC(=O)c1ccccc1. The molecule has 30 heavy (non-hydrogen) atoms. The largest absolute Gasteiger partial charge is 0.492 e. The van der Waals surface area contributed by atoms with E-state index in [9.17, 15) is 18.3 Å². The Balaban J connectivity index is 1.92. The highest BCUT2D eigenvalue weighted by Crippen LogP contribution is 2.38. The molecule has 0 aromatic heterocycles. The molecule has 1 aliphatic heterocycles. The maximum atomic E-state index is 12.6. The van der Waals surface area contributed by atoms with Crippen molar-refractivity contribution in [2.75, 3.05) is 35.4 Å². The highest BCUT2D eigenvalue weighted by Gasteiger charge is 2.37. The summed E-state index contributed by atoms with van der Waals surface area (Å²) < 4.78 is 35.0. The van der Waals surface area contributed by atoms with Gasteiger partial charge in [0.2, 0.25) is 0 Å². The number of sulfone groups is 1. The van der Waals surface area contributed by atoms with Crippen molar-refractivity contribution < 1.29 is 27.8 Å². The molecule has 9 heteroatoms. The van der Waals surface area contributed by atoms with Crippen LogP contribution in [0.4, 0.5) is 11.4 Å². The molecule has 1 aliphatic rings. The zero-order chi connectivity index (χ0) is 21.7. The normalized spacial score (nSPS) is 19.8. The first-order chi connectivity index (χ1) is 14.3. The molecule has 2 aromatic carbocycles. The molecule has 0 saturated carbocycles. The molecule has 2 atom stereocenters. The third kappa shape index (κ3) is 5.22. The van der Waals surface area contributed by atoms with E-state index in [1.807, 2.05) is 19.9 Å². The number of carbonyl (C=O) groups excluding carboxylic acids is 1. The zero-order valence-corrected chi connectivity index (χ0v) is 17.7. The molecule has 0 unspecified atom stereocenters. The molecule has 8 nitrogen and oxygen atoms in total.